The molecule has 2 aliphatic heterocycles. The number of anilines is 3. The number of ether oxygens (including phenoxy) is 1. The average Bonchev–Trinajstić information content (AvgIpc) is 3.49. The maximum atomic E-state index is 12.9. The lowest BCUT2D eigenvalue weighted by molar-refractivity contribution is 0.0365. The Morgan fingerprint density at radius 2 is 1.82 bits per heavy atom. The van der Waals surface area contributed by atoms with Gasteiger partial charge in [-0.2, -0.15) is 4.98 Å². The molecule has 8 nitrogen and oxygen atoms in total. The predicted octanol–water partition coefficient (Wildman–Crippen LogP) is 5.94. The molecule has 0 spiro atoms. The maximum Gasteiger partial charge on any atom is 0.252 e. The Hall–Kier alpha value is -2.68. The molecule has 0 bridgehead atoms. The lowest BCUT2D eigenvalue weighted by Crippen LogP contribution is -2.37. The van der Waals surface area contributed by atoms with Crippen LogP contribution in [0.25, 0.3) is 11.0 Å². The molecule has 4 heterocycles. The fourth-order valence-electron chi connectivity index (χ4n) is 6.71. The highest BCUT2D eigenvalue weighted by atomic mass is 35.5. The monoisotopic (exact) mass is 564 g/mol. The molecule has 214 valence electrons. The van der Waals surface area contributed by atoms with Gasteiger partial charge < -0.3 is 15.0 Å². The van der Waals surface area contributed by atoms with Crippen molar-refractivity contribution in [1.29, 1.82) is 0 Å². The molecule has 1 N–H and O–H groups in total. The van der Waals surface area contributed by atoms with Crippen LogP contribution in [0.5, 0.6) is 0 Å². The van der Waals surface area contributed by atoms with Crippen LogP contribution >= 0.6 is 11.6 Å². The second kappa shape index (κ2) is 12.5. The van der Waals surface area contributed by atoms with Crippen molar-refractivity contribution in [1.82, 2.24) is 19.4 Å². The molecule has 0 atom stereocenters. The number of nitrogens with one attached hydrogen (secondary N) is 1. The summed E-state index contributed by atoms with van der Waals surface area (Å²) in [4.78, 5) is 27.3. The van der Waals surface area contributed by atoms with Crippen LogP contribution in [0.2, 0.25) is 5.02 Å². The summed E-state index contributed by atoms with van der Waals surface area (Å²) in [6.45, 7) is 9.15. The van der Waals surface area contributed by atoms with Gasteiger partial charge in [-0.15, -0.1) is 0 Å². The highest BCUT2D eigenvalue weighted by molar-refractivity contribution is 6.33. The van der Waals surface area contributed by atoms with E-state index in [1.807, 2.05) is 29.8 Å². The van der Waals surface area contributed by atoms with Gasteiger partial charge in [0, 0.05) is 55.6 Å². The second-order valence-electron chi connectivity index (χ2n) is 11.7. The van der Waals surface area contributed by atoms with Crippen LogP contribution in [0.15, 0.2) is 35.3 Å². The van der Waals surface area contributed by atoms with Gasteiger partial charge in [-0.1, -0.05) is 24.4 Å². The van der Waals surface area contributed by atoms with Gasteiger partial charge in [0.2, 0.25) is 5.95 Å². The topological polar surface area (TPSA) is 75.5 Å². The molecule has 2 aromatic heterocycles. The fraction of sp³-hybridized carbons (Fsp3) is 0.581. The molecular weight excluding hydrogens is 524 g/mol. The van der Waals surface area contributed by atoms with Crippen LogP contribution in [0.4, 0.5) is 17.3 Å². The first-order chi connectivity index (χ1) is 19.5. The zero-order valence-corrected chi connectivity index (χ0v) is 24.3. The average molecular weight is 565 g/mol. The molecule has 3 fully saturated rings. The van der Waals surface area contributed by atoms with Crippen molar-refractivity contribution in [2.75, 3.05) is 56.2 Å². The van der Waals surface area contributed by atoms with E-state index in [1.54, 1.807) is 6.07 Å². The number of aromatic nitrogens is 3. The van der Waals surface area contributed by atoms with E-state index in [2.05, 4.69) is 26.2 Å². The Morgan fingerprint density at radius 3 is 2.58 bits per heavy atom. The van der Waals surface area contributed by atoms with Gasteiger partial charge in [0.15, 0.2) is 0 Å². The van der Waals surface area contributed by atoms with Crippen molar-refractivity contribution in [3.05, 3.63) is 51.4 Å². The number of benzene rings is 1. The van der Waals surface area contributed by atoms with Crippen molar-refractivity contribution in [3.8, 4) is 0 Å². The maximum absolute atomic E-state index is 12.9. The number of hydrogen-bond donors (Lipinski definition) is 1. The van der Waals surface area contributed by atoms with Gasteiger partial charge in [-0.05, 0) is 81.7 Å². The smallest absolute Gasteiger partial charge is 0.252 e. The minimum atomic E-state index is 0.0230. The van der Waals surface area contributed by atoms with Gasteiger partial charge in [0.25, 0.3) is 5.56 Å². The van der Waals surface area contributed by atoms with E-state index < -0.39 is 0 Å². The van der Waals surface area contributed by atoms with E-state index in [1.165, 1.54) is 32.2 Å². The normalized spacial score (nSPS) is 19.5. The zero-order chi connectivity index (χ0) is 27.5. The molecule has 40 heavy (non-hydrogen) atoms. The molecule has 1 saturated carbocycles. The molecule has 2 saturated heterocycles. The Balaban J connectivity index is 1.09. The lowest BCUT2D eigenvalue weighted by Gasteiger charge is -2.34. The van der Waals surface area contributed by atoms with Gasteiger partial charge >= 0.3 is 0 Å². The molecule has 0 radical (unpaired) electrons. The van der Waals surface area contributed by atoms with Crippen LogP contribution in [-0.4, -0.2) is 65.4 Å². The van der Waals surface area contributed by atoms with Gasteiger partial charge in [0.05, 0.1) is 23.9 Å². The molecule has 9 heteroatoms. The summed E-state index contributed by atoms with van der Waals surface area (Å²) in [6, 6.07) is 8.02. The summed E-state index contributed by atoms with van der Waals surface area (Å²) in [7, 11) is 0. The van der Waals surface area contributed by atoms with Crippen LogP contribution in [0.3, 0.4) is 0 Å². The molecule has 3 aromatic rings. The lowest BCUT2D eigenvalue weighted by atomic mass is 9.92. The van der Waals surface area contributed by atoms with Crippen LogP contribution in [0.1, 0.15) is 63.0 Å². The highest BCUT2D eigenvalue weighted by Crippen LogP contribution is 2.34. The van der Waals surface area contributed by atoms with Crippen molar-refractivity contribution in [2.24, 2.45) is 5.92 Å². The largest absolute Gasteiger partial charge is 0.379 e. The number of nitrogens with zero attached hydrogens (tertiary/aromatic N) is 5. The number of morpholine rings is 1. The minimum absolute atomic E-state index is 0.0230. The van der Waals surface area contributed by atoms with Crippen LogP contribution in [-0.2, 0) is 4.74 Å². The second-order valence-corrected chi connectivity index (χ2v) is 12.1. The zero-order valence-electron chi connectivity index (χ0n) is 23.6. The van der Waals surface area contributed by atoms with E-state index >= 15 is 0 Å². The number of pyridine rings is 1. The first-order valence-electron chi connectivity index (χ1n) is 15.1. The quantitative estimate of drug-likeness (QED) is 0.363. The number of aryl methyl sites for hydroxylation is 1. The third-order valence-corrected chi connectivity index (χ3v) is 9.34. The van der Waals surface area contributed by atoms with Crippen molar-refractivity contribution in [2.45, 2.75) is 64.3 Å². The van der Waals surface area contributed by atoms with E-state index in [9.17, 15) is 4.79 Å². The first-order valence-corrected chi connectivity index (χ1v) is 15.4. The highest BCUT2D eigenvalue weighted by Gasteiger charge is 2.23. The van der Waals surface area contributed by atoms with Crippen molar-refractivity contribution >= 4 is 40.0 Å². The molecule has 3 aliphatic rings. The Morgan fingerprint density at radius 1 is 1.05 bits per heavy atom. The summed E-state index contributed by atoms with van der Waals surface area (Å²) in [5, 5.41) is 4.99. The SMILES string of the molecule is Cc1cc(=O)n(C2CCCC2)c2nc(Nc3ccc(N4CCC(CCCN5CCOCC5)CC4)c(Cl)c3)ncc12. The fourth-order valence-corrected chi connectivity index (χ4v) is 7.01. The number of piperidine rings is 1. The molecular formula is C31H41ClN6O2. The molecule has 0 unspecified atom stereocenters. The van der Waals surface area contributed by atoms with Crippen molar-refractivity contribution < 1.29 is 4.74 Å². The Bertz CT molecular complexity index is 1370. The number of fused-ring (bicyclic) bond motifs is 1. The summed E-state index contributed by atoms with van der Waals surface area (Å²) in [6.07, 6.45) is 11.2. The van der Waals surface area contributed by atoms with E-state index in [0.29, 0.717) is 11.6 Å². The molecule has 6 rings (SSSR count). The van der Waals surface area contributed by atoms with Crippen LogP contribution < -0.4 is 15.8 Å². The predicted molar refractivity (Wildman–Crippen MR) is 162 cm³/mol. The Kier molecular flexibility index (Phi) is 8.56. The number of hydrogen-bond acceptors (Lipinski definition) is 7. The van der Waals surface area contributed by atoms with Crippen molar-refractivity contribution in [3.63, 3.8) is 0 Å². The van der Waals surface area contributed by atoms with E-state index in [0.717, 1.165) is 98.3 Å². The number of halogens is 1. The number of rotatable bonds is 8. The third-order valence-electron chi connectivity index (χ3n) is 9.04. The molecule has 0 amide bonds. The summed E-state index contributed by atoms with van der Waals surface area (Å²) >= 11 is 6.80. The first kappa shape index (κ1) is 27.5. The third kappa shape index (κ3) is 6.14. The minimum Gasteiger partial charge on any atom is -0.379 e. The van der Waals surface area contributed by atoms with E-state index in [4.69, 9.17) is 21.3 Å². The van der Waals surface area contributed by atoms with Gasteiger partial charge in [-0.3, -0.25) is 14.3 Å². The van der Waals surface area contributed by atoms with E-state index in [-0.39, 0.29) is 11.6 Å². The van der Waals surface area contributed by atoms with Gasteiger partial charge in [0.1, 0.15) is 5.65 Å². The molecule has 1 aliphatic carbocycles. The summed E-state index contributed by atoms with van der Waals surface area (Å²) < 4.78 is 7.34. The Labute approximate surface area is 241 Å². The summed E-state index contributed by atoms with van der Waals surface area (Å²) in [5.74, 6) is 1.28. The van der Waals surface area contributed by atoms with Gasteiger partial charge in [-0.25, -0.2) is 4.98 Å². The summed E-state index contributed by atoms with van der Waals surface area (Å²) in [5.41, 5.74) is 3.58. The van der Waals surface area contributed by atoms with Crippen LogP contribution in [0, 0.1) is 12.8 Å². The standard InChI is InChI=1S/C31H41ClN6O2/c1-22-19-29(39)38(25-6-2-3-7-25)30-26(22)21-33-31(35-30)34-24-8-9-28(27(32)20-24)37-13-10-23(11-14-37)5-4-12-36-15-17-40-18-16-36/h8-9,19-21,23,25H,2-7,10-18H2,1H3,(H,33,34,35). The molecule has 1 aromatic carbocycles.